The van der Waals surface area contributed by atoms with Crippen LogP contribution in [0.4, 0.5) is 4.79 Å². The molecule has 2 unspecified atom stereocenters. The van der Waals surface area contributed by atoms with E-state index in [2.05, 4.69) is 10.6 Å². The van der Waals surface area contributed by atoms with Gasteiger partial charge < -0.3 is 16.4 Å². The van der Waals surface area contributed by atoms with Gasteiger partial charge in [-0.3, -0.25) is 0 Å². The maximum atomic E-state index is 11.2. The molecule has 0 aromatic heterocycles. The fourth-order valence-electron chi connectivity index (χ4n) is 0.843. The topological polar surface area (TPSA) is 67.2 Å². The van der Waals surface area contributed by atoms with Crippen LogP contribution in [0.25, 0.3) is 0 Å². The van der Waals surface area contributed by atoms with Crippen LogP contribution in [-0.2, 0) is 0 Å². The first-order valence-corrected chi connectivity index (χ1v) is 4.86. The monoisotopic (exact) mass is 187 g/mol. The molecule has 0 aliphatic rings. The molecule has 0 bridgehead atoms. The van der Waals surface area contributed by atoms with Gasteiger partial charge in [0, 0.05) is 12.6 Å². The van der Waals surface area contributed by atoms with Crippen LogP contribution in [0.5, 0.6) is 0 Å². The number of hydrogen-bond acceptors (Lipinski definition) is 2. The summed E-state index contributed by atoms with van der Waals surface area (Å²) < 4.78 is 0. The van der Waals surface area contributed by atoms with E-state index < -0.39 is 0 Å². The Hall–Kier alpha value is -0.770. The van der Waals surface area contributed by atoms with E-state index in [1.807, 2.05) is 20.8 Å². The van der Waals surface area contributed by atoms with Crippen molar-refractivity contribution in [3.05, 3.63) is 0 Å². The molecule has 2 atom stereocenters. The van der Waals surface area contributed by atoms with Gasteiger partial charge in [0.05, 0.1) is 0 Å². The van der Waals surface area contributed by atoms with E-state index in [-0.39, 0.29) is 12.1 Å². The van der Waals surface area contributed by atoms with Crippen molar-refractivity contribution in [2.45, 2.75) is 33.2 Å². The van der Waals surface area contributed by atoms with E-state index >= 15 is 0 Å². The van der Waals surface area contributed by atoms with Gasteiger partial charge in [0.25, 0.3) is 0 Å². The first-order chi connectivity index (χ1) is 6.11. The number of urea groups is 1. The van der Waals surface area contributed by atoms with Gasteiger partial charge in [-0.05, 0) is 25.8 Å². The van der Waals surface area contributed by atoms with Crippen molar-refractivity contribution in [3.8, 4) is 0 Å². The molecule has 0 rings (SSSR count). The predicted octanol–water partition coefficient (Wildman–Crippen LogP) is 0.679. The van der Waals surface area contributed by atoms with Crippen LogP contribution in [0, 0.1) is 5.92 Å². The third-order valence-corrected chi connectivity index (χ3v) is 2.12. The van der Waals surface area contributed by atoms with Crippen LogP contribution in [0.1, 0.15) is 27.2 Å². The molecule has 13 heavy (non-hydrogen) atoms. The highest BCUT2D eigenvalue weighted by Crippen LogP contribution is 1.98. The number of nitrogens with two attached hydrogens (primary N) is 1. The Morgan fingerprint density at radius 3 is 2.54 bits per heavy atom. The SMILES string of the molecule is CCCNC(=O)NC(C)C(C)CN. The van der Waals surface area contributed by atoms with Gasteiger partial charge in [0.15, 0.2) is 0 Å². The summed E-state index contributed by atoms with van der Waals surface area (Å²) in [5.74, 6) is 0.312. The van der Waals surface area contributed by atoms with Crippen LogP contribution < -0.4 is 16.4 Å². The average molecular weight is 187 g/mol. The minimum absolute atomic E-state index is 0.102. The highest BCUT2D eigenvalue weighted by Gasteiger charge is 2.12. The van der Waals surface area contributed by atoms with Crippen molar-refractivity contribution in [1.82, 2.24) is 10.6 Å². The van der Waals surface area contributed by atoms with Crippen molar-refractivity contribution in [1.29, 1.82) is 0 Å². The Bertz CT molecular complexity index is 150. The van der Waals surface area contributed by atoms with Crippen molar-refractivity contribution >= 4 is 6.03 Å². The molecule has 4 N–H and O–H groups in total. The molecule has 0 aliphatic carbocycles. The molecule has 0 aromatic carbocycles. The second kappa shape index (κ2) is 6.71. The molecule has 0 aromatic rings. The summed E-state index contributed by atoms with van der Waals surface area (Å²) in [5.41, 5.74) is 5.48. The highest BCUT2D eigenvalue weighted by molar-refractivity contribution is 5.74. The summed E-state index contributed by atoms with van der Waals surface area (Å²) in [5, 5.41) is 5.59. The molecule has 78 valence electrons. The van der Waals surface area contributed by atoms with E-state index in [1.54, 1.807) is 0 Å². The Kier molecular flexibility index (Phi) is 6.32. The summed E-state index contributed by atoms with van der Waals surface area (Å²) in [6.45, 7) is 7.31. The molecule has 0 spiro atoms. The lowest BCUT2D eigenvalue weighted by atomic mass is 10.0. The number of nitrogens with one attached hydrogen (secondary N) is 2. The normalized spacial score (nSPS) is 14.8. The van der Waals surface area contributed by atoms with Crippen LogP contribution in [0.15, 0.2) is 0 Å². The van der Waals surface area contributed by atoms with Gasteiger partial charge in [-0.15, -0.1) is 0 Å². The molecule has 0 aliphatic heterocycles. The Morgan fingerprint density at radius 1 is 1.46 bits per heavy atom. The Labute approximate surface area is 80.3 Å². The Balaban J connectivity index is 3.64. The standard InChI is InChI=1S/C9H21N3O/c1-4-5-11-9(13)12-8(3)7(2)6-10/h7-8H,4-6,10H2,1-3H3,(H2,11,12,13). The van der Waals surface area contributed by atoms with Gasteiger partial charge >= 0.3 is 6.03 Å². The Morgan fingerprint density at radius 2 is 2.08 bits per heavy atom. The van der Waals surface area contributed by atoms with Crippen LogP contribution in [0.2, 0.25) is 0 Å². The molecule has 0 fully saturated rings. The fourth-order valence-corrected chi connectivity index (χ4v) is 0.843. The van der Waals surface area contributed by atoms with Crippen molar-refractivity contribution in [2.75, 3.05) is 13.1 Å². The minimum Gasteiger partial charge on any atom is -0.338 e. The van der Waals surface area contributed by atoms with Crippen LogP contribution in [0.3, 0.4) is 0 Å². The van der Waals surface area contributed by atoms with E-state index in [0.29, 0.717) is 12.5 Å². The molecular formula is C9H21N3O. The first-order valence-electron chi connectivity index (χ1n) is 4.86. The second-order valence-corrected chi connectivity index (χ2v) is 3.40. The zero-order valence-corrected chi connectivity index (χ0v) is 8.76. The van der Waals surface area contributed by atoms with Crippen molar-refractivity contribution in [2.24, 2.45) is 11.7 Å². The van der Waals surface area contributed by atoms with Gasteiger partial charge in [-0.25, -0.2) is 4.79 Å². The number of amides is 2. The summed E-state index contributed by atoms with van der Waals surface area (Å²) in [4.78, 5) is 11.2. The molecule has 0 heterocycles. The van der Waals surface area contributed by atoms with E-state index in [9.17, 15) is 4.79 Å². The molecule has 4 heteroatoms. The number of carbonyl (C=O) groups is 1. The van der Waals surface area contributed by atoms with Gasteiger partial charge in [-0.1, -0.05) is 13.8 Å². The highest BCUT2D eigenvalue weighted by atomic mass is 16.2. The molecule has 0 saturated carbocycles. The third-order valence-electron chi connectivity index (χ3n) is 2.12. The van der Waals surface area contributed by atoms with Crippen LogP contribution >= 0.6 is 0 Å². The molecule has 2 amide bonds. The summed E-state index contributed by atoms with van der Waals surface area (Å²) in [6, 6.07) is 0.0245. The third kappa shape index (κ3) is 5.47. The first kappa shape index (κ1) is 12.2. The molecule has 0 saturated heterocycles. The minimum atomic E-state index is -0.102. The number of hydrogen-bond donors (Lipinski definition) is 3. The molecule has 0 radical (unpaired) electrons. The van der Waals surface area contributed by atoms with Crippen molar-refractivity contribution < 1.29 is 4.79 Å². The fraction of sp³-hybridized carbons (Fsp3) is 0.889. The number of carbonyl (C=O) groups excluding carboxylic acids is 1. The van der Waals surface area contributed by atoms with E-state index in [4.69, 9.17) is 5.73 Å². The zero-order valence-electron chi connectivity index (χ0n) is 8.76. The zero-order chi connectivity index (χ0) is 10.3. The summed E-state index contributed by atoms with van der Waals surface area (Å²) >= 11 is 0. The quantitative estimate of drug-likeness (QED) is 0.592. The molecular weight excluding hydrogens is 166 g/mol. The van der Waals surface area contributed by atoms with Gasteiger partial charge in [0.2, 0.25) is 0 Å². The predicted molar refractivity (Wildman–Crippen MR) is 54.5 cm³/mol. The lowest BCUT2D eigenvalue weighted by Gasteiger charge is -2.19. The summed E-state index contributed by atoms with van der Waals surface area (Å²) in [7, 11) is 0. The molecule has 4 nitrogen and oxygen atoms in total. The van der Waals surface area contributed by atoms with Gasteiger partial charge in [0.1, 0.15) is 0 Å². The van der Waals surface area contributed by atoms with Gasteiger partial charge in [-0.2, -0.15) is 0 Å². The smallest absolute Gasteiger partial charge is 0.315 e. The van der Waals surface area contributed by atoms with Crippen LogP contribution in [-0.4, -0.2) is 25.2 Å². The van der Waals surface area contributed by atoms with E-state index in [1.165, 1.54) is 0 Å². The lowest BCUT2D eigenvalue weighted by Crippen LogP contribution is -2.45. The largest absolute Gasteiger partial charge is 0.338 e. The summed E-state index contributed by atoms with van der Waals surface area (Å²) in [6.07, 6.45) is 0.953. The maximum Gasteiger partial charge on any atom is 0.315 e. The number of rotatable bonds is 5. The second-order valence-electron chi connectivity index (χ2n) is 3.40. The van der Waals surface area contributed by atoms with Crippen molar-refractivity contribution in [3.63, 3.8) is 0 Å². The lowest BCUT2D eigenvalue weighted by molar-refractivity contribution is 0.234. The average Bonchev–Trinajstić information content (AvgIpc) is 2.13. The van der Waals surface area contributed by atoms with E-state index in [0.717, 1.165) is 13.0 Å². The maximum absolute atomic E-state index is 11.2.